The van der Waals surface area contributed by atoms with Gasteiger partial charge in [-0.1, -0.05) is 24.3 Å². The largest absolute Gasteiger partial charge is 0.492 e. The molecule has 0 aliphatic heterocycles. The van der Waals surface area contributed by atoms with Crippen molar-refractivity contribution in [2.24, 2.45) is 0 Å². The Hall–Kier alpha value is -3.41. The van der Waals surface area contributed by atoms with Crippen molar-refractivity contribution in [3.8, 4) is 5.75 Å². The van der Waals surface area contributed by atoms with Crippen LogP contribution in [0.4, 0.5) is 21.5 Å². The maximum Gasteiger partial charge on any atom is 0.274 e. The molecule has 132 valence electrons. The first-order chi connectivity index (χ1) is 12.7. The Balaban J connectivity index is 1.78. The number of halogens is 1. The van der Waals surface area contributed by atoms with Gasteiger partial charge in [-0.25, -0.2) is 4.39 Å². The van der Waals surface area contributed by atoms with Gasteiger partial charge in [-0.3, -0.25) is 9.78 Å². The number of ether oxygens (including phenoxy) is 1. The number of carbonyl (C=O) groups is 1. The van der Waals surface area contributed by atoms with Crippen molar-refractivity contribution in [3.63, 3.8) is 0 Å². The first-order valence-electron chi connectivity index (χ1n) is 8.18. The molecule has 3 rings (SSSR count). The Kier molecular flexibility index (Phi) is 5.43. The molecule has 2 N–H and O–H groups in total. The predicted molar refractivity (Wildman–Crippen MR) is 99.5 cm³/mol. The van der Waals surface area contributed by atoms with E-state index in [4.69, 9.17) is 4.74 Å². The van der Waals surface area contributed by atoms with Crippen molar-refractivity contribution in [2.75, 3.05) is 17.2 Å². The van der Waals surface area contributed by atoms with Gasteiger partial charge in [-0.05, 0) is 43.3 Å². The molecule has 0 radical (unpaired) electrons. The molecule has 0 fully saturated rings. The number of hydrogen-bond donors (Lipinski definition) is 2. The van der Waals surface area contributed by atoms with Crippen LogP contribution in [-0.4, -0.2) is 17.5 Å². The average molecular weight is 351 g/mol. The van der Waals surface area contributed by atoms with Crippen LogP contribution in [-0.2, 0) is 0 Å². The first kappa shape index (κ1) is 17.4. The minimum absolute atomic E-state index is 0.111. The van der Waals surface area contributed by atoms with Gasteiger partial charge in [0.1, 0.15) is 17.3 Å². The van der Waals surface area contributed by atoms with Gasteiger partial charge in [0, 0.05) is 11.9 Å². The van der Waals surface area contributed by atoms with E-state index in [1.165, 1.54) is 18.3 Å². The predicted octanol–water partition coefficient (Wildman–Crippen LogP) is 4.62. The van der Waals surface area contributed by atoms with Crippen LogP contribution < -0.4 is 15.4 Å². The van der Waals surface area contributed by atoms with Crippen LogP contribution in [0.1, 0.15) is 17.4 Å². The molecule has 0 unspecified atom stereocenters. The summed E-state index contributed by atoms with van der Waals surface area (Å²) in [5.74, 6) is -0.276. The van der Waals surface area contributed by atoms with Crippen LogP contribution >= 0.6 is 0 Å². The second kappa shape index (κ2) is 8.11. The minimum Gasteiger partial charge on any atom is -0.492 e. The van der Waals surface area contributed by atoms with Gasteiger partial charge in [-0.15, -0.1) is 0 Å². The number of amides is 1. The summed E-state index contributed by atoms with van der Waals surface area (Å²) in [5.41, 5.74) is 1.73. The number of rotatable bonds is 6. The molecule has 0 aliphatic rings. The molecule has 0 bridgehead atoms. The number of benzene rings is 2. The van der Waals surface area contributed by atoms with E-state index in [1.54, 1.807) is 24.3 Å². The van der Waals surface area contributed by atoms with E-state index in [0.29, 0.717) is 18.0 Å². The van der Waals surface area contributed by atoms with Gasteiger partial charge in [0.05, 0.1) is 18.0 Å². The zero-order chi connectivity index (χ0) is 18.4. The molecule has 26 heavy (non-hydrogen) atoms. The lowest BCUT2D eigenvalue weighted by Crippen LogP contribution is -2.14. The van der Waals surface area contributed by atoms with Crippen LogP contribution in [0.2, 0.25) is 0 Å². The third-order valence-corrected chi connectivity index (χ3v) is 3.58. The van der Waals surface area contributed by atoms with Crippen molar-refractivity contribution in [1.29, 1.82) is 0 Å². The number of aromatic nitrogens is 1. The third kappa shape index (κ3) is 4.16. The van der Waals surface area contributed by atoms with Gasteiger partial charge >= 0.3 is 0 Å². The minimum atomic E-state index is -0.499. The Morgan fingerprint density at radius 3 is 2.58 bits per heavy atom. The number of carbonyl (C=O) groups excluding carboxylic acids is 1. The maximum atomic E-state index is 13.7. The van der Waals surface area contributed by atoms with Crippen molar-refractivity contribution < 1.29 is 13.9 Å². The van der Waals surface area contributed by atoms with Crippen molar-refractivity contribution >= 4 is 23.0 Å². The normalized spacial score (nSPS) is 10.2. The fourth-order valence-electron chi connectivity index (χ4n) is 2.39. The molecule has 0 saturated heterocycles. The summed E-state index contributed by atoms with van der Waals surface area (Å²) >= 11 is 0. The third-order valence-electron chi connectivity index (χ3n) is 3.58. The lowest BCUT2D eigenvalue weighted by molar-refractivity contribution is 0.102. The number of anilines is 3. The average Bonchev–Trinajstić information content (AvgIpc) is 2.66. The van der Waals surface area contributed by atoms with E-state index in [-0.39, 0.29) is 11.4 Å². The van der Waals surface area contributed by atoms with E-state index in [1.807, 2.05) is 31.2 Å². The smallest absolute Gasteiger partial charge is 0.274 e. The second-order valence-corrected chi connectivity index (χ2v) is 5.42. The Morgan fingerprint density at radius 1 is 1.08 bits per heavy atom. The highest BCUT2D eigenvalue weighted by Crippen LogP contribution is 2.27. The van der Waals surface area contributed by atoms with Gasteiger partial charge in [0.25, 0.3) is 5.91 Å². The lowest BCUT2D eigenvalue weighted by Gasteiger charge is -2.13. The van der Waals surface area contributed by atoms with Crippen LogP contribution in [0, 0.1) is 5.82 Å². The molecular weight excluding hydrogens is 333 g/mol. The molecule has 1 aromatic heterocycles. The standard InChI is InChI=1S/C20H18FN3O2/c1-2-26-19-10-6-5-9-17(19)23-14-11-12-22-18(13-14)20(25)24-16-8-4-3-7-15(16)21/h3-13H,2H2,1H3,(H,22,23)(H,24,25). The van der Waals surface area contributed by atoms with E-state index >= 15 is 0 Å². The molecule has 3 aromatic rings. The highest BCUT2D eigenvalue weighted by Gasteiger charge is 2.11. The van der Waals surface area contributed by atoms with Crippen LogP contribution in [0.5, 0.6) is 5.75 Å². The van der Waals surface area contributed by atoms with Crippen molar-refractivity contribution in [2.45, 2.75) is 6.92 Å². The monoisotopic (exact) mass is 351 g/mol. The number of hydrogen-bond acceptors (Lipinski definition) is 4. The van der Waals surface area contributed by atoms with Gasteiger partial charge < -0.3 is 15.4 Å². The van der Waals surface area contributed by atoms with E-state index in [2.05, 4.69) is 15.6 Å². The molecule has 1 amide bonds. The number of nitrogens with zero attached hydrogens (tertiary/aromatic N) is 1. The lowest BCUT2D eigenvalue weighted by atomic mass is 10.2. The molecule has 1 heterocycles. The number of para-hydroxylation sites is 3. The SMILES string of the molecule is CCOc1ccccc1Nc1ccnc(C(=O)Nc2ccccc2F)c1. The second-order valence-electron chi connectivity index (χ2n) is 5.42. The molecule has 2 aromatic carbocycles. The Bertz CT molecular complexity index is 915. The molecule has 0 spiro atoms. The van der Waals surface area contributed by atoms with Gasteiger partial charge in [0.2, 0.25) is 0 Å². The highest BCUT2D eigenvalue weighted by molar-refractivity contribution is 6.03. The van der Waals surface area contributed by atoms with Crippen molar-refractivity contribution in [1.82, 2.24) is 4.98 Å². The van der Waals surface area contributed by atoms with E-state index in [9.17, 15) is 9.18 Å². The molecular formula is C20H18FN3O2. The summed E-state index contributed by atoms with van der Waals surface area (Å²) in [5, 5.41) is 5.73. The fourth-order valence-corrected chi connectivity index (χ4v) is 2.39. The molecule has 5 nitrogen and oxygen atoms in total. The quantitative estimate of drug-likeness (QED) is 0.680. The topological polar surface area (TPSA) is 63.2 Å². The summed E-state index contributed by atoms with van der Waals surface area (Å²) in [7, 11) is 0. The summed E-state index contributed by atoms with van der Waals surface area (Å²) in [6, 6.07) is 16.8. The summed E-state index contributed by atoms with van der Waals surface area (Å²) < 4.78 is 19.3. The number of pyridine rings is 1. The summed E-state index contributed by atoms with van der Waals surface area (Å²) in [4.78, 5) is 16.4. The first-order valence-corrected chi connectivity index (χ1v) is 8.18. The molecule has 0 aliphatic carbocycles. The maximum absolute atomic E-state index is 13.7. The van der Waals surface area contributed by atoms with Crippen molar-refractivity contribution in [3.05, 3.63) is 78.4 Å². The van der Waals surface area contributed by atoms with Crippen LogP contribution in [0.15, 0.2) is 66.9 Å². The zero-order valence-corrected chi connectivity index (χ0v) is 14.2. The Morgan fingerprint density at radius 2 is 1.81 bits per heavy atom. The zero-order valence-electron chi connectivity index (χ0n) is 14.2. The highest BCUT2D eigenvalue weighted by atomic mass is 19.1. The molecule has 0 atom stereocenters. The van der Waals surface area contributed by atoms with Gasteiger partial charge in [-0.2, -0.15) is 0 Å². The Labute approximate surface area is 150 Å². The molecule has 6 heteroatoms. The van der Waals surface area contributed by atoms with Crippen LogP contribution in [0.25, 0.3) is 0 Å². The fraction of sp³-hybridized carbons (Fsp3) is 0.100. The van der Waals surface area contributed by atoms with E-state index in [0.717, 1.165) is 5.69 Å². The summed E-state index contributed by atoms with van der Waals surface area (Å²) in [6.45, 7) is 2.46. The number of nitrogens with one attached hydrogen (secondary N) is 2. The molecule has 0 saturated carbocycles. The van der Waals surface area contributed by atoms with E-state index < -0.39 is 11.7 Å². The van der Waals surface area contributed by atoms with Gasteiger partial charge in [0.15, 0.2) is 0 Å². The van der Waals surface area contributed by atoms with Crippen LogP contribution in [0.3, 0.4) is 0 Å². The summed E-state index contributed by atoms with van der Waals surface area (Å²) in [6.07, 6.45) is 1.52.